The van der Waals surface area contributed by atoms with Crippen LogP contribution >= 0.6 is 11.3 Å². The zero-order valence-electron chi connectivity index (χ0n) is 26.3. The van der Waals surface area contributed by atoms with Crippen molar-refractivity contribution in [2.45, 2.75) is 44.2 Å². The molecule has 6 rings (SSSR count). The van der Waals surface area contributed by atoms with Crippen molar-refractivity contribution in [1.29, 1.82) is 0 Å². The van der Waals surface area contributed by atoms with Gasteiger partial charge in [-0.05, 0) is 85.7 Å². The van der Waals surface area contributed by atoms with Crippen molar-refractivity contribution in [3.8, 4) is 23.0 Å². The Labute approximate surface area is 282 Å². The number of benzene rings is 3. The molecule has 48 heavy (non-hydrogen) atoms. The molecule has 2 aromatic heterocycles. The molecule has 2 amide bonds. The van der Waals surface area contributed by atoms with Gasteiger partial charge in [0.2, 0.25) is 0 Å². The van der Waals surface area contributed by atoms with E-state index in [9.17, 15) is 14.4 Å². The summed E-state index contributed by atoms with van der Waals surface area (Å²) in [4.78, 5) is 43.4. The molecule has 3 aromatic carbocycles. The van der Waals surface area contributed by atoms with Crippen molar-refractivity contribution in [3.05, 3.63) is 107 Å². The molecule has 0 aliphatic heterocycles. The number of fused-ring (bicyclic) bond motifs is 1. The zero-order valence-corrected chi connectivity index (χ0v) is 27.2. The number of esters is 1. The fourth-order valence-corrected chi connectivity index (χ4v) is 6.07. The summed E-state index contributed by atoms with van der Waals surface area (Å²) in [6.07, 6.45) is 5.42. The van der Waals surface area contributed by atoms with Gasteiger partial charge < -0.3 is 29.6 Å². The van der Waals surface area contributed by atoms with Gasteiger partial charge in [0.25, 0.3) is 11.8 Å². The molecule has 246 valence electrons. The lowest BCUT2D eigenvalue weighted by molar-refractivity contribution is -0.151. The van der Waals surface area contributed by atoms with Gasteiger partial charge in [-0.25, -0.2) is 4.79 Å². The number of anilines is 1. The maximum atomic E-state index is 13.1. The SMILES string of the molecule is COc1cc2c(Oc3ccc(NC(=O)c4ccccc4)cc3)ccnc2cc1OCC[C@H](NC(=O)c1cccs1)C(=O)OC1CCCC1. The summed E-state index contributed by atoms with van der Waals surface area (Å²) in [7, 11) is 1.54. The largest absolute Gasteiger partial charge is 0.493 e. The first-order valence-corrected chi connectivity index (χ1v) is 16.6. The van der Waals surface area contributed by atoms with E-state index in [0.717, 1.165) is 25.7 Å². The Morgan fingerprint density at radius 2 is 1.69 bits per heavy atom. The standard InChI is InChI=1S/C37H35N3O7S/c1-44-32-22-28-30(38-19-17-31(28)46-27-15-13-25(14-16-27)39-35(41)24-8-3-2-4-9-24)23-33(32)45-20-18-29(37(43)47-26-10-5-6-11-26)40-36(42)34-12-7-21-48-34/h2-4,7-9,12-17,19,21-23,26,29H,5-6,10-11,18,20H2,1H3,(H,39,41)(H,40,42)/t29-/m0/s1. The molecular weight excluding hydrogens is 630 g/mol. The molecule has 0 radical (unpaired) electrons. The predicted octanol–water partition coefficient (Wildman–Crippen LogP) is 7.40. The molecular formula is C37H35N3O7S. The fraction of sp³-hybridized carbons (Fsp3) is 0.243. The average Bonchev–Trinajstić information content (AvgIpc) is 3.84. The number of rotatable bonds is 13. The number of pyridine rings is 1. The number of thiophene rings is 1. The Balaban J connectivity index is 1.12. The quantitative estimate of drug-likeness (QED) is 0.125. The molecule has 1 fully saturated rings. The smallest absolute Gasteiger partial charge is 0.329 e. The Morgan fingerprint density at radius 1 is 0.896 bits per heavy atom. The number of aromatic nitrogens is 1. The van der Waals surface area contributed by atoms with Crippen LogP contribution in [0.4, 0.5) is 5.69 Å². The number of ether oxygens (including phenoxy) is 4. The summed E-state index contributed by atoms with van der Waals surface area (Å²) in [5.41, 5.74) is 1.82. The van der Waals surface area contributed by atoms with Crippen molar-refractivity contribution in [3.63, 3.8) is 0 Å². The molecule has 0 unspecified atom stereocenters. The molecule has 11 heteroatoms. The molecule has 1 aliphatic rings. The van der Waals surface area contributed by atoms with Gasteiger partial charge in [-0.1, -0.05) is 24.3 Å². The van der Waals surface area contributed by atoms with E-state index in [1.165, 1.54) is 18.4 Å². The van der Waals surface area contributed by atoms with Gasteiger partial charge in [0, 0.05) is 35.3 Å². The lowest BCUT2D eigenvalue weighted by atomic mass is 10.1. The summed E-state index contributed by atoms with van der Waals surface area (Å²) in [5.74, 6) is 1.02. The Hall–Kier alpha value is -5.42. The number of carbonyl (C=O) groups is 3. The van der Waals surface area contributed by atoms with Gasteiger partial charge >= 0.3 is 5.97 Å². The van der Waals surface area contributed by atoms with Crippen molar-refractivity contribution in [1.82, 2.24) is 10.3 Å². The van der Waals surface area contributed by atoms with Gasteiger partial charge in [0.1, 0.15) is 23.6 Å². The third-order valence-corrected chi connectivity index (χ3v) is 8.82. The van der Waals surface area contributed by atoms with Gasteiger partial charge in [-0.2, -0.15) is 0 Å². The first-order valence-electron chi connectivity index (χ1n) is 15.8. The third kappa shape index (κ3) is 8.10. The van der Waals surface area contributed by atoms with Crippen LogP contribution in [-0.2, 0) is 9.53 Å². The Bertz CT molecular complexity index is 1860. The van der Waals surface area contributed by atoms with E-state index in [1.807, 2.05) is 23.6 Å². The second-order valence-corrected chi connectivity index (χ2v) is 12.2. The minimum Gasteiger partial charge on any atom is -0.493 e. The number of amides is 2. The van der Waals surface area contributed by atoms with E-state index in [-0.39, 0.29) is 30.9 Å². The highest BCUT2D eigenvalue weighted by molar-refractivity contribution is 7.12. The number of nitrogens with one attached hydrogen (secondary N) is 2. The summed E-state index contributed by atoms with van der Waals surface area (Å²) < 4.78 is 23.7. The highest BCUT2D eigenvalue weighted by Gasteiger charge is 2.28. The molecule has 2 heterocycles. The molecule has 0 bridgehead atoms. The van der Waals surface area contributed by atoms with Crippen LogP contribution < -0.4 is 24.8 Å². The van der Waals surface area contributed by atoms with Crippen LogP contribution in [-0.4, -0.2) is 48.6 Å². The van der Waals surface area contributed by atoms with Crippen LogP contribution in [0, 0.1) is 0 Å². The fourth-order valence-electron chi connectivity index (χ4n) is 5.44. The number of methoxy groups -OCH3 is 1. The lowest BCUT2D eigenvalue weighted by Crippen LogP contribution is -2.43. The Morgan fingerprint density at radius 3 is 2.42 bits per heavy atom. The maximum absolute atomic E-state index is 13.1. The molecule has 10 nitrogen and oxygen atoms in total. The van der Waals surface area contributed by atoms with Crippen LogP contribution in [0.25, 0.3) is 10.9 Å². The summed E-state index contributed by atoms with van der Waals surface area (Å²) in [6.45, 7) is 0.111. The van der Waals surface area contributed by atoms with Crippen LogP contribution in [0.5, 0.6) is 23.0 Å². The Kier molecular flexibility index (Phi) is 10.5. The number of carbonyl (C=O) groups excluding carboxylic acids is 3. The first-order chi connectivity index (χ1) is 23.5. The van der Waals surface area contributed by atoms with Crippen LogP contribution in [0.15, 0.2) is 96.5 Å². The van der Waals surface area contributed by atoms with Crippen LogP contribution in [0.1, 0.15) is 52.1 Å². The lowest BCUT2D eigenvalue weighted by Gasteiger charge is -2.20. The van der Waals surface area contributed by atoms with Gasteiger partial charge in [-0.3, -0.25) is 14.6 Å². The highest BCUT2D eigenvalue weighted by Crippen LogP contribution is 2.37. The van der Waals surface area contributed by atoms with Crippen molar-refractivity contribution >= 4 is 45.7 Å². The number of hydrogen-bond donors (Lipinski definition) is 2. The molecule has 1 saturated carbocycles. The van der Waals surface area contributed by atoms with E-state index in [1.54, 1.807) is 72.9 Å². The van der Waals surface area contributed by atoms with E-state index in [0.29, 0.717) is 50.0 Å². The normalized spacial score (nSPS) is 13.4. The summed E-state index contributed by atoms with van der Waals surface area (Å²) in [5, 5.41) is 8.21. The summed E-state index contributed by atoms with van der Waals surface area (Å²) >= 11 is 1.30. The van der Waals surface area contributed by atoms with E-state index >= 15 is 0 Å². The predicted molar refractivity (Wildman–Crippen MR) is 183 cm³/mol. The molecule has 1 aliphatic carbocycles. The van der Waals surface area contributed by atoms with Gasteiger partial charge in [-0.15, -0.1) is 11.3 Å². The van der Waals surface area contributed by atoms with E-state index in [4.69, 9.17) is 18.9 Å². The van der Waals surface area contributed by atoms with Crippen LogP contribution in [0.3, 0.4) is 0 Å². The molecule has 5 aromatic rings. The maximum Gasteiger partial charge on any atom is 0.329 e. The molecule has 2 N–H and O–H groups in total. The van der Waals surface area contributed by atoms with Gasteiger partial charge in [0.05, 0.1) is 24.1 Å². The summed E-state index contributed by atoms with van der Waals surface area (Å²) in [6, 6.07) is 24.0. The van der Waals surface area contributed by atoms with E-state index < -0.39 is 12.0 Å². The second-order valence-electron chi connectivity index (χ2n) is 11.3. The minimum absolute atomic E-state index is 0.111. The average molecular weight is 666 g/mol. The topological polar surface area (TPSA) is 125 Å². The zero-order chi connectivity index (χ0) is 33.3. The monoisotopic (exact) mass is 665 g/mol. The number of nitrogens with zero attached hydrogens (tertiary/aromatic N) is 1. The highest BCUT2D eigenvalue weighted by atomic mass is 32.1. The van der Waals surface area contributed by atoms with Gasteiger partial charge in [0.15, 0.2) is 11.5 Å². The second kappa shape index (κ2) is 15.4. The van der Waals surface area contributed by atoms with Crippen molar-refractivity contribution < 1.29 is 33.3 Å². The third-order valence-electron chi connectivity index (χ3n) is 7.95. The molecule has 0 spiro atoms. The van der Waals surface area contributed by atoms with Crippen molar-refractivity contribution in [2.75, 3.05) is 19.0 Å². The molecule has 1 atom stereocenters. The molecule has 0 saturated heterocycles. The number of hydrogen-bond acceptors (Lipinski definition) is 9. The van der Waals surface area contributed by atoms with Crippen LogP contribution in [0.2, 0.25) is 0 Å². The minimum atomic E-state index is -0.872. The first kappa shape index (κ1) is 32.5. The van der Waals surface area contributed by atoms with Crippen molar-refractivity contribution in [2.24, 2.45) is 0 Å². The van der Waals surface area contributed by atoms with E-state index in [2.05, 4.69) is 15.6 Å².